The molecule has 0 unspecified atom stereocenters. The Kier molecular flexibility index (Phi) is 8.17. The molecule has 122 valence electrons. The second kappa shape index (κ2) is 9.92. The molecule has 0 aliphatic heterocycles. The molecule has 1 aromatic rings. The Morgan fingerprint density at radius 2 is 1.73 bits per heavy atom. The van der Waals surface area contributed by atoms with Gasteiger partial charge in [0, 0.05) is 24.3 Å². The first-order valence-electron chi connectivity index (χ1n) is 7.30. The van der Waals surface area contributed by atoms with Gasteiger partial charge in [-0.15, -0.1) is 0 Å². The standard InChI is InChI=1S/C16H23NO5/c1-5-20-15(18)14(17-19-4)12-10-8-9-11-13(12)16(21-6-2)22-7-3/h8-11,16H,5-7H2,1-4H3/b17-14-. The van der Waals surface area contributed by atoms with E-state index in [2.05, 4.69) is 5.16 Å². The molecule has 0 saturated carbocycles. The summed E-state index contributed by atoms with van der Waals surface area (Å²) in [6, 6.07) is 7.24. The Morgan fingerprint density at radius 1 is 1.09 bits per heavy atom. The Labute approximate surface area is 131 Å². The molecule has 22 heavy (non-hydrogen) atoms. The molecule has 0 radical (unpaired) electrons. The van der Waals surface area contributed by atoms with E-state index in [1.165, 1.54) is 7.11 Å². The number of benzene rings is 1. The van der Waals surface area contributed by atoms with Gasteiger partial charge in [0.25, 0.3) is 0 Å². The van der Waals surface area contributed by atoms with Crippen molar-refractivity contribution in [1.82, 2.24) is 0 Å². The summed E-state index contributed by atoms with van der Waals surface area (Å²) in [5.41, 5.74) is 1.36. The normalized spacial score (nSPS) is 11.6. The van der Waals surface area contributed by atoms with Crippen LogP contribution in [0.15, 0.2) is 29.4 Å². The molecule has 0 aromatic heterocycles. The van der Waals surface area contributed by atoms with Gasteiger partial charge in [-0.2, -0.15) is 0 Å². The van der Waals surface area contributed by atoms with Gasteiger partial charge in [0.1, 0.15) is 7.11 Å². The molecule has 0 spiro atoms. The van der Waals surface area contributed by atoms with Crippen molar-refractivity contribution in [2.75, 3.05) is 26.9 Å². The van der Waals surface area contributed by atoms with Crippen molar-refractivity contribution in [3.63, 3.8) is 0 Å². The van der Waals surface area contributed by atoms with Gasteiger partial charge in [-0.1, -0.05) is 29.4 Å². The Hall–Kier alpha value is -1.92. The molecule has 0 aliphatic carbocycles. The summed E-state index contributed by atoms with van der Waals surface area (Å²) in [6.45, 7) is 6.71. The summed E-state index contributed by atoms with van der Waals surface area (Å²) in [5, 5.41) is 3.81. The van der Waals surface area contributed by atoms with Crippen LogP contribution in [0.4, 0.5) is 0 Å². The molecule has 0 heterocycles. The highest BCUT2D eigenvalue weighted by Crippen LogP contribution is 2.24. The van der Waals surface area contributed by atoms with Gasteiger partial charge in [0.05, 0.1) is 6.61 Å². The highest BCUT2D eigenvalue weighted by Gasteiger charge is 2.24. The summed E-state index contributed by atoms with van der Waals surface area (Å²) in [7, 11) is 1.38. The van der Waals surface area contributed by atoms with E-state index in [9.17, 15) is 4.79 Å². The van der Waals surface area contributed by atoms with E-state index in [1.807, 2.05) is 26.0 Å². The lowest BCUT2D eigenvalue weighted by Gasteiger charge is -2.20. The maximum Gasteiger partial charge on any atom is 0.361 e. The molecule has 1 rings (SSSR count). The molecular weight excluding hydrogens is 286 g/mol. The smallest absolute Gasteiger partial charge is 0.361 e. The number of nitrogens with zero attached hydrogens (tertiary/aromatic N) is 1. The Balaban J connectivity index is 3.26. The highest BCUT2D eigenvalue weighted by atomic mass is 16.7. The third-order valence-corrected chi connectivity index (χ3v) is 2.76. The van der Waals surface area contributed by atoms with Crippen LogP contribution in [-0.2, 0) is 23.8 Å². The summed E-state index contributed by atoms with van der Waals surface area (Å²) >= 11 is 0. The third kappa shape index (κ3) is 4.82. The lowest BCUT2D eigenvalue weighted by Crippen LogP contribution is -2.22. The Bertz CT molecular complexity index is 495. The molecule has 6 heteroatoms. The topological polar surface area (TPSA) is 66.4 Å². The average Bonchev–Trinajstić information content (AvgIpc) is 2.52. The maximum absolute atomic E-state index is 12.1. The third-order valence-electron chi connectivity index (χ3n) is 2.76. The van der Waals surface area contributed by atoms with Crippen molar-refractivity contribution in [3.05, 3.63) is 35.4 Å². The number of rotatable bonds is 9. The van der Waals surface area contributed by atoms with E-state index in [0.29, 0.717) is 24.3 Å². The van der Waals surface area contributed by atoms with Crippen LogP contribution in [0.5, 0.6) is 0 Å². The quantitative estimate of drug-likeness (QED) is 0.304. The zero-order valence-corrected chi connectivity index (χ0v) is 13.5. The van der Waals surface area contributed by atoms with Gasteiger partial charge < -0.3 is 19.0 Å². The molecule has 1 aromatic carbocycles. The van der Waals surface area contributed by atoms with Crippen LogP contribution in [0.25, 0.3) is 0 Å². The zero-order valence-electron chi connectivity index (χ0n) is 13.5. The van der Waals surface area contributed by atoms with Crippen molar-refractivity contribution >= 4 is 11.7 Å². The van der Waals surface area contributed by atoms with Gasteiger partial charge in [-0.25, -0.2) is 4.79 Å². The number of oxime groups is 1. The summed E-state index contributed by atoms with van der Waals surface area (Å²) in [5.74, 6) is -0.552. The lowest BCUT2D eigenvalue weighted by atomic mass is 10.0. The molecule has 0 N–H and O–H groups in total. The first kappa shape index (κ1) is 18.1. The number of esters is 1. The molecule has 0 aliphatic rings. The van der Waals surface area contributed by atoms with Crippen LogP contribution in [0.1, 0.15) is 38.2 Å². The van der Waals surface area contributed by atoms with Crippen LogP contribution in [-0.4, -0.2) is 38.6 Å². The van der Waals surface area contributed by atoms with Crippen molar-refractivity contribution in [3.8, 4) is 0 Å². The van der Waals surface area contributed by atoms with Crippen molar-refractivity contribution < 1.29 is 23.8 Å². The fourth-order valence-electron chi connectivity index (χ4n) is 1.94. The minimum Gasteiger partial charge on any atom is -0.461 e. The van der Waals surface area contributed by atoms with Gasteiger partial charge in [0.15, 0.2) is 12.0 Å². The minimum absolute atomic E-state index is 0.0874. The monoisotopic (exact) mass is 309 g/mol. The second-order valence-corrected chi connectivity index (χ2v) is 4.17. The molecule has 0 atom stereocenters. The van der Waals surface area contributed by atoms with Gasteiger partial charge in [-0.3, -0.25) is 0 Å². The number of hydrogen-bond donors (Lipinski definition) is 0. The number of hydrogen-bond acceptors (Lipinski definition) is 6. The number of carbonyl (C=O) groups is 1. The van der Waals surface area contributed by atoms with Crippen LogP contribution in [0.3, 0.4) is 0 Å². The largest absolute Gasteiger partial charge is 0.461 e. The maximum atomic E-state index is 12.1. The summed E-state index contributed by atoms with van der Waals surface area (Å²) in [6.07, 6.45) is -0.581. The van der Waals surface area contributed by atoms with Crippen LogP contribution < -0.4 is 0 Å². The van der Waals surface area contributed by atoms with E-state index in [0.717, 1.165) is 0 Å². The van der Waals surface area contributed by atoms with Crippen LogP contribution in [0.2, 0.25) is 0 Å². The summed E-state index contributed by atoms with van der Waals surface area (Å²) in [4.78, 5) is 16.9. The van der Waals surface area contributed by atoms with Gasteiger partial charge in [-0.05, 0) is 20.8 Å². The SMILES string of the molecule is CCOC(=O)/C(=N\OC)c1ccccc1C(OCC)OCC. The molecule has 0 fully saturated rings. The van der Waals surface area contributed by atoms with E-state index in [4.69, 9.17) is 19.0 Å². The lowest BCUT2D eigenvalue weighted by molar-refractivity contribution is -0.140. The molecule has 0 saturated heterocycles. The van der Waals surface area contributed by atoms with Crippen molar-refractivity contribution in [2.24, 2.45) is 5.16 Å². The van der Waals surface area contributed by atoms with Gasteiger partial charge >= 0.3 is 5.97 Å². The first-order valence-corrected chi connectivity index (χ1v) is 7.30. The fraction of sp³-hybridized carbons (Fsp3) is 0.500. The van der Waals surface area contributed by atoms with E-state index in [1.54, 1.807) is 19.1 Å². The minimum atomic E-state index is -0.581. The zero-order chi connectivity index (χ0) is 16.4. The summed E-state index contributed by atoms with van der Waals surface area (Å²) < 4.78 is 16.2. The molecule has 0 bridgehead atoms. The fourth-order valence-corrected chi connectivity index (χ4v) is 1.94. The number of ether oxygens (including phenoxy) is 3. The van der Waals surface area contributed by atoms with E-state index >= 15 is 0 Å². The Morgan fingerprint density at radius 3 is 2.27 bits per heavy atom. The average molecular weight is 309 g/mol. The van der Waals surface area contributed by atoms with Crippen LogP contribution in [0, 0.1) is 0 Å². The van der Waals surface area contributed by atoms with Crippen molar-refractivity contribution in [1.29, 1.82) is 0 Å². The highest BCUT2D eigenvalue weighted by molar-refractivity contribution is 6.43. The van der Waals surface area contributed by atoms with E-state index in [-0.39, 0.29) is 12.3 Å². The predicted molar refractivity (Wildman–Crippen MR) is 82.6 cm³/mol. The second-order valence-electron chi connectivity index (χ2n) is 4.17. The van der Waals surface area contributed by atoms with Crippen LogP contribution >= 0.6 is 0 Å². The molecule has 6 nitrogen and oxygen atoms in total. The number of carbonyl (C=O) groups excluding carboxylic acids is 1. The van der Waals surface area contributed by atoms with Gasteiger partial charge in [0.2, 0.25) is 0 Å². The molecular formula is C16H23NO5. The predicted octanol–water partition coefficient (Wildman–Crippen LogP) is 2.67. The van der Waals surface area contributed by atoms with Crippen molar-refractivity contribution in [2.45, 2.75) is 27.1 Å². The first-order chi connectivity index (χ1) is 10.7. The molecule has 0 amide bonds. The van der Waals surface area contributed by atoms with E-state index < -0.39 is 12.3 Å².